The maximum Gasteiger partial charge on any atom is 1.00 e. The number of hydrogen-bond donors (Lipinski definition) is 1. The fourth-order valence-corrected chi connectivity index (χ4v) is 1.95. The average Bonchev–Trinajstić information content (AvgIpc) is 2.52. The Morgan fingerprint density at radius 1 is 1.09 bits per heavy atom. The van der Waals surface area contributed by atoms with Crippen molar-refractivity contribution in [3.63, 3.8) is 0 Å². The third kappa shape index (κ3) is 5.95. The molecule has 0 aliphatic rings. The molecular weight excluding hydrogens is 275 g/mol. The molecule has 0 aliphatic carbocycles. The van der Waals surface area contributed by atoms with E-state index >= 15 is 0 Å². The number of benzene rings is 2. The normalized spacial score (nSPS) is 11.3. The van der Waals surface area contributed by atoms with Gasteiger partial charge in [-0.2, -0.15) is 0 Å². The number of carboxylic acids is 1. The third-order valence-corrected chi connectivity index (χ3v) is 3.14. The van der Waals surface area contributed by atoms with Gasteiger partial charge in [-0.1, -0.05) is 42.5 Å². The second kappa shape index (κ2) is 9.32. The molecule has 4 nitrogen and oxygen atoms in total. The van der Waals surface area contributed by atoms with Crippen LogP contribution in [0.25, 0.3) is 0 Å². The molecule has 2 aromatic rings. The smallest absolute Gasteiger partial charge is 0.550 e. The van der Waals surface area contributed by atoms with Gasteiger partial charge in [-0.05, 0) is 36.1 Å². The molecule has 0 amide bonds. The van der Waals surface area contributed by atoms with Crippen LogP contribution in [0, 0.1) is 0 Å². The summed E-state index contributed by atoms with van der Waals surface area (Å²) in [6, 6.07) is 16.8. The second-order valence-electron chi connectivity index (χ2n) is 4.77. The summed E-state index contributed by atoms with van der Waals surface area (Å²) in [5, 5.41) is 20.2. The second-order valence-corrected chi connectivity index (χ2v) is 4.77. The quantitative estimate of drug-likeness (QED) is 0.653. The van der Waals surface area contributed by atoms with Crippen LogP contribution < -0.4 is 28.7 Å². The molecule has 0 saturated carbocycles. The van der Waals surface area contributed by atoms with Crippen molar-refractivity contribution in [2.75, 3.05) is 0 Å². The van der Waals surface area contributed by atoms with E-state index in [1.165, 1.54) is 0 Å². The number of aliphatic hydroxyl groups excluding tert-OH is 1. The van der Waals surface area contributed by atoms with Crippen molar-refractivity contribution in [1.29, 1.82) is 0 Å². The Morgan fingerprint density at radius 2 is 1.73 bits per heavy atom. The Labute approximate surface area is 141 Å². The largest absolute Gasteiger partial charge is 1.00 e. The Bertz CT molecular complexity index is 569. The van der Waals surface area contributed by atoms with Crippen molar-refractivity contribution in [2.45, 2.75) is 25.6 Å². The number of ether oxygens (including phenoxy) is 1. The molecule has 0 aromatic heterocycles. The predicted molar refractivity (Wildman–Crippen MR) is 76.4 cm³/mol. The zero-order valence-electron chi connectivity index (χ0n) is 12.6. The zero-order chi connectivity index (χ0) is 15.1. The van der Waals surface area contributed by atoms with Gasteiger partial charge in [-0.3, -0.25) is 0 Å². The van der Waals surface area contributed by atoms with Crippen LogP contribution in [0.1, 0.15) is 30.1 Å². The van der Waals surface area contributed by atoms with Crippen molar-refractivity contribution in [3.05, 3.63) is 65.7 Å². The van der Waals surface area contributed by atoms with Crippen LogP contribution in [0.2, 0.25) is 0 Å². The minimum absolute atomic E-state index is 0. The standard InChI is InChI=1S/C17H18O4.Li/c18-16(10-11-17(19)20)14-6-8-15(9-7-14)21-12-13-4-2-1-3-5-13;/h1-9,16,18H,10-12H2,(H,19,20);/q;+1/p-1. The maximum atomic E-state index is 10.4. The fourth-order valence-electron chi connectivity index (χ4n) is 1.95. The van der Waals surface area contributed by atoms with E-state index in [2.05, 4.69) is 0 Å². The predicted octanol–water partition coefficient (Wildman–Crippen LogP) is -1.17. The van der Waals surface area contributed by atoms with E-state index in [1.807, 2.05) is 30.3 Å². The molecule has 0 aliphatic heterocycles. The van der Waals surface area contributed by atoms with Gasteiger partial charge in [0.25, 0.3) is 0 Å². The van der Waals surface area contributed by atoms with Crippen LogP contribution >= 0.6 is 0 Å². The molecule has 0 bridgehead atoms. The molecular formula is C17H17LiO4. The monoisotopic (exact) mass is 292 g/mol. The van der Waals surface area contributed by atoms with E-state index < -0.39 is 12.1 Å². The van der Waals surface area contributed by atoms with Crippen LogP contribution in [-0.4, -0.2) is 11.1 Å². The van der Waals surface area contributed by atoms with E-state index in [-0.39, 0.29) is 31.7 Å². The molecule has 0 saturated heterocycles. The SMILES string of the molecule is O=C([O-])CCC(O)c1ccc(OCc2ccccc2)cc1.[Li+]. The summed E-state index contributed by atoms with van der Waals surface area (Å²) in [4.78, 5) is 10.4. The molecule has 22 heavy (non-hydrogen) atoms. The fraction of sp³-hybridized carbons (Fsp3) is 0.235. The van der Waals surface area contributed by atoms with Crippen LogP contribution in [0.5, 0.6) is 5.75 Å². The molecule has 1 atom stereocenters. The van der Waals surface area contributed by atoms with Crippen LogP contribution in [0.3, 0.4) is 0 Å². The topological polar surface area (TPSA) is 69.6 Å². The number of aliphatic carboxylic acids is 1. The van der Waals surface area contributed by atoms with Gasteiger partial charge in [0.1, 0.15) is 12.4 Å². The Hall–Kier alpha value is -1.73. The summed E-state index contributed by atoms with van der Waals surface area (Å²) in [6.45, 7) is 0.480. The average molecular weight is 292 g/mol. The molecule has 1 N–H and O–H groups in total. The van der Waals surface area contributed by atoms with E-state index in [0.717, 1.165) is 5.56 Å². The zero-order valence-corrected chi connectivity index (χ0v) is 12.6. The first kappa shape index (κ1) is 18.3. The van der Waals surface area contributed by atoms with Crippen LogP contribution in [-0.2, 0) is 11.4 Å². The molecule has 5 heteroatoms. The van der Waals surface area contributed by atoms with E-state index in [4.69, 9.17) is 4.74 Å². The van der Waals surface area contributed by atoms with Gasteiger partial charge >= 0.3 is 18.9 Å². The molecule has 0 fully saturated rings. The Kier molecular flexibility index (Phi) is 7.76. The Balaban J connectivity index is 0.00000242. The summed E-state index contributed by atoms with van der Waals surface area (Å²) >= 11 is 0. The summed E-state index contributed by atoms with van der Waals surface area (Å²) in [5.74, 6) is -0.452. The van der Waals surface area contributed by atoms with Gasteiger partial charge in [0.05, 0.1) is 6.10 Å². The van der Waals surface area contributed by atoms with Crippen molar-refractivity contribution < 1.29 is 38.6 Å². The summed E-state index contributed by atoms with van der Waals surface area (Å²) in [6.07, 6.45) is -0.814. The number of carbonyl (C=O) groups is 1. The molecule has 0 spiro atoms. The number of carbonyl (C=O) groups excluding carboxylic acids is 1. The van der Waals surface area contributed by atoms with Crippen molar-refractivity contribution in [3.8, 4) is 5.75 Å². The first-order chi connectivity index (χ1) is 10.1. The van der Waals surface area contributed by atoms with Gasteiger partial charge in [-0.25, -0.2) is 0 Å². The first-order valence-electron chi connectivity index (χ1n) is 6.80. The minimum Gasteiger partial charge on any atom is -0.550 e. The van der Waals surface area contributed by atoms with E-state index in [0.29, 0.717) is 17.9 Å². The van der Waals surface area contributed by atoms with Gasteiger partial charge in [0, 0.05) is 5.97 Å². The summed E-state index contributed by atoms with van der Waals surface area (Å²) in [7, 11) is 0. The molecule has 0 heterocycles. The minimum atomic E-state index is -1.16. The number of hydrogen-bond acceptors (Lipinski definition) is 4. The van der Waals surface area contributed by atoms with Crippen molar-refractivity contribution >= 4 is 5.97 Å². The van der Waals surface area contributed by atoms with Gasteiger partial charge in [0.2, 0.25) is 0 Å². The van der Waals surface area contributed by atoms with Crippen molar-refractivity contribution in [2.24, 2.45) is 0 Å². The van der Waals surface area contributed by atoms with E-state index in [9.17, 15) is 15.0 Å². The molecule has 110 valence electrons. The molecule has 2 rings (SSSR count). The van der Waals surface area contributed by atoms with Crippen LogP contribution in [0.4, 0.5) is 0 Å². The first-order valence-corrected chi connectivity index (χ1v) is 6.80. The van der Waals surface area contributed by atoms with Gasteiger partial charge in [0.15, 0.2) is 0 Å². The van der Waals surface area contributed by atoms with Gasteiger partial charge < -0.3 is 19.7 Å². The molecule has 0 radical (unpaired) electrons. The molecule has 1 unspecified atom stereocenters. The number of aliphatic hydroxyl groups is 1. The van der Waals surface area contributed by atoms with Gasteiger partial charge in [-0.15, -0.1) is 0 Å². The summed E-state index contributed by atoms with van der Waals surface area (Å²) in [5.41, 5.74) is 1.75. The number of carboxylic acid groups (broad SMARTS) is 1. The van der Waals surface area contributed by atoms with Crippen LogP contribution in [0.15, 0.2) is 54.6 Å². The number of rotatable bonds is 7. The Morgan fingerprint density at radius 3 is 2.32 bits per heavy atom. The maximum absolute atomic E-state index is 10.4. The van der Waals surface area contributed by atoms with E-state index in [1.54, 1.807) is 24.3 Å². The molecule has 2 aromatic carbocycles. The van der Waals surface area contributed by atoms with Crippen molar-refractivity contribution in [1.82, 2.24) is 0 Å². The third-order valence-electron chi connectivity index (χ3n) is 3.14. The summed E-state index contributed by atoms with van der Waals surface area (Å²) < 4.78 is 5.64.